The number of likely N-dealkylation sites (tertiary alicyclic amines) is 1. The summed E-state index contributed by atoms with van der Waals surface area (Å²) in [5.74, 6) is 0.749. The molecule has 1 atom stereocenters. The lowest BCUT2D eigenvalue weighted by Crippen LogP contribution is -2.35. The number of aryl methyl sites for hydroxylation is 1. The van der Waals surface area contributed by atoms with Crippen LogP contribution in [0.3, 0.4) is 0 Å². The highest BCUT2D eigenvalue weighted by atomic mass is 16.3. The summed E-state index contributed by atoms with van der Waals surface area (Å²) in [5.41, 5.74) is 4.06. The SMILES string of the molecule is Cc1ccc2[nH]c3c(cc(NCCCN4CCCC(C)C4)c4c(=O)c5ccccc5c(=O)c43)oc2c1. The topological polar surface area (TPSA) is 78.3 Å². The predicted octanol–water partition coefficient (Wildman–Crippen LogP) is 5.78. The molecule has 4 aromatic carbocycles. The van der Waals surface area contributed by atoms with Crippen molar-refractivity contribution in [3.63, 3.8) is 0 Å². The molecule has 1 saturated heterocycles. The lowest BCUT2D eigenvalue weighted by atomic mass is 9.99. The Hall–Kier alpha value is -3.64. The zero-order valence-corrected chi connectivity index (χ0v) is 20.8. The molecule has 184 valence electrons. The van der Waals surface area contributed by atoms with Crippen molar-refractivity contribution >= 4 is 49.4 Å². The zero-order valence-electron chi connectivity index (χ0n) is 20.8. The molecule has 6 nitrogen and oxygen atoms in total. The first kappa shape index (κ1) is 22.8. The van der Waals surface area contributed by atoms with Crippen molar-refractivity contribution in [2.24, 2.45) is 5.92 Å². The van der Waals surface area contributed by atoms with E-state index >= 15 is 0 Å². The van der Waals surface area contributed by atoms with E-state index in [2.05, 4.69) is 22.1 Å². The molecule has 6 heteroatoms. The van der Waals surface area contributed by atoms with E-state index < -0.39 is 0 Å². The van der Waals surface area contributed by atoms with E-state index in [0.717, 1.165) is 43.1 Å². The van der Waals surface area contributed by atoms with Crippen molar-refractivity contribution in [1.29, 1.82) is 0 Å². The van der Waals surface area contributed by atoms with Gasteiger partial charge in [-0.2, -0.15) is 0 Å². The van der Waals surface area contributed by atoms with Gasteiger partial charge in [0.1, 0.15) is 0 Å². The van der Waals surface area contributed by atoms with Crippen molar-refractivity contribution in [1.82, 2.24) is 9.88 Å². The van der Waals surface area contributed by atoms with Crippen LogP contribution in [0.5, 0.6) is 0 Å². The number of benzene rings is 4. The van der Waals surface area contributed by atoms with Crippen molar-refractivity contribution < 1.29 is 4.42 Å². The predicted molar refractivity (Wildman–Crippen MR) is 148 cm³/mol. The van der Waals surface area contributed by atoms with Gasteiger partial charge in [0, 0.05) is 35.6 Å². The monoisotopic (exact) mass is 481 g/mol. The van der Waals surface area contributed by atoms with Gasteiger partial charge >= 0.3 is 0 Å². The Bertz CT molecular complexity index is 1730. The number of fused-ring (bicyclic) bond motifs is 5. The van der Waals surface area contributed by atoms with Gasteiger partial charge in [0.25, 0.3) is 0 Å². The van der Waals surface area contributed by atoms with Crippen LogP contribution >= 0.6 is 0 Å². The first-order valence-corrected chi connectivity index (χ1v) is 12.9. The number of rotatable bonds is 5. The number of aromatic nitrogens is 1. The number of anilines is 1. The summed E-state index contributed by atoms with van der Waals surface area (Å²) >= 11 is 0. The van der Waals surface area contributed by atoms with Gasteiger partial charge in [-0.25, -0.2) is 0 Å². The second-order valence-electron chi connectivity index (χ2n) is 10.3. The van der Waals surface area contributed by atoms with Crippen molar-refractivity contribution in [3.8, 4) is 0 Å². The van der Waals surface area contributed by atoms with Crippen LogP contribution in [0, 0.1) is 12.8 Å². The summed E-state index contributed by atoms with van der Waals surface area (Å²) in [6.45, 7) is 8.36. The van der Waals surface area contributed by atoms with Crippen LogP contribution in [-0.2, 0) is 0 Å². The Kier molecular flexibility index (Phi) is 5.76. The molecule has 0 amide bonds. The Morgan fingerprint density at radius 3 is 2.58 bits per heavy atom. The summed E-state index contributed by atoms with van der Waals surface area (Å²) < 4.78 is 6.28. The van der Waals surface area contributed by atoms with Gasteiger partial charge in [-0.1, -0.05) is 37.3 Å². The van der Waals surface area contributed by atoms with Gasteiger partial charge in [0.05, 0.1) is 21.8 Å². The molecule has 1 fully saturated rings. The fourth-order valence-corrected chi connectivity index (χ4v) is 5.70. The van der Waals surface area contributed by atoms with Crippen molar-refractivity contribution in [2.45, 2.75) is 33.1 Å². The summed E-state index contributed by atoms with van der Waals surface area (Å²) in [6.07, 6.45) is 3.52. The maximum absolute atomic E-state index is 13.7. The molecule has 0 saturated carbocycles. The van der Waals surface area contributed by atoms with Gasteiger partial charge in [-0.15, -0.1) is 0 Å². The molecule has 36 heavy (non-hydrogen) atoms. The minimum Gasteiger partial charge on any atom is -0.453 e. The largest absolute Gasteiger partial charge is 0.453 e. The van der Waals surface area contributed by atoms with Crippen LogP contribution < -0.4 is 16.2 Å². The average molecular weight is 482 g/mol. The van der Waals surface area contributed by atoms with Crippen LogP contribution in [0.2, 0.25) is 0 Å². The number of aromatic amines is 1. The lowest BCUT2D eigenvalue weighted by molar-refractivity contribution is 0.183. The van der Waals surface area contributed by atoms with Crippen LogP contribution in [0.15, 0.2) is 62.5 Å². The molecule has 6 rings (SSSR count). The van der Waals surface area contributed by atoms with Crippen LogP contribution in [0.25, 0.3) is 43.7 Å². The fraction of sp³-hybridized carbons (Fsp3) is 0.333. The van der Waals surface area contributed by atoms with Crippen LogP contribution in [0.1, 0.15) is 31.7 Å². The van der Waals surface area contributed by atoms with E-state index in [9.17, 15) is 9.59 Å². The molecule has 1 unspecified atom stereocenters. The zero-order chi connectivity index (χ0) is 24.8. The summed E-state index contributed by atoms with van der Waals surface area (Å²) in [4.78, 5) is 33.3. The molecular formula is C30H31N3O3. The number of hydrogen-bond acceptors (Lipinski definition) is 5. The standard InChI is InChI=1S/C30H31N3O3/c1-18-10-11-22-24(15-18)36-25-16-23(31-12-6-14-33-13-5-7-19(2)17-33)26-27(28(25)32-22)30(35)21-9-4-3-8-20(21)29(26)34/h3-4,8-11,15-16,19,31-32H,5-7,12-14,17H2,1-2H3. The molecular weight excluding hydrogens is 450 g/mol. The van der Waals surface area contributed by atoms with Crippen molar-refractivity contribution in [2.75, 3.05) is 31.5 Å². The van der Waals surface area contributed by atoms with Gasteiger partial charge in [0.2, 0.25) is 0 Å². The first-order chi connectivity index (χ1) is 17.5. The summed E-state index contributed by atoms with van der Waals surface area (Å²) in [7, 11) is 0. The quantitative estimate of drug-likeness (QED) is 0.189. The highest BCUT2D eigenvalue weighted by Gasteiger charge is 2.19. The number of nitrogens with zero attached hydrogens (tertiary/aromatic N) is 1. The first-order valence-electron chi connectivity index (χ1n) is 12.9. The average Bonchev–Trinajstić information content (AvgIpc) is 2.88. The van der Waals surface area contributed by atoms with Crippen LogP contribution in [-0.4, -0.2) is 36.1 Å². The Morgan fingerprint density at radius 1 is 1.03 bits per heavy atom. The molecule has 0 aliphatic carbocycles. The second-order valence-corrected chi connectivity index (χ2v) is 10.3. The highest BCUT2D eigenvalue weighted by Crippen LogP contribution is 2.31. The lowest BCUT2D eigenvalue weighted by Gasteiger charge is -2.30. The molecule has 2 heterocycles. The molecule has 0 bridgehead atoms. The van der Waals surface area contributed by atoms with E-state index in [1.807, 2.05) is 31.2 Å². The van der Waals surface area contributed by atoms with Gasteiger partial charge in [-0.05, 0) is 62.9 Å². The highest BCUT2D eigenvalue weighted by molar-refractivity contribution is 6.14. The molecule has 2 N–H and O–H groups in total. The maximum atomic E-state index is 13.7. The van der Waals surface area contributed by atoms with Gasteiger partial charge < -0.3 is 19.6 Å². The number of hydrogen-bond donors (Lipinski definition) is 2. The van der Waals surface area contributed by atoms with E-state index in [-0.39, 0.29) is 10.9 Å². The minimum atomic E-state index is -0.158. The van der Waals surface area contributed by atoms with E-state index in [4.69, 9.17) is 4.42 Å². The van der Waals surface area contributed by atoms with Crippen LogP contribution in [0.4, 0.5) is 5.69 Å². The third-order valence-corrected chi connectivity index (χ3v) is 7.49. The Labute approximate surface area is 208 Å². The molecule has 1 aliphatic rings. The number of piperidine rings is 1. The number of H-pyrrole nitrogens is 1. The molecule has 1 aliphatic heterocycles. The third kappa shape index (κ3) is 3.95. The number of nitrogens with one attached hydrogen (secondary N) is 2. The third-order valence-electron chi connectivity index (χ3n) is 7.49. The molecule has 5 aromatic rings. The summed E-state index contributed by atoms with van der Waals surface area (Å²) in [5, 5.41) is 5.18. The Balaban J connectivity index is 1.48. The smallest absolute Gasteiger partial charge is 0.196 e. The molecule has 0 spiro atoms. The summed E-state index contributed by atoms with van der Waals surface area (Å²) in [6, 6.07) is 14.8. The van der Waals surface area contributed by atoms with Crippen molar-refractivity contribution in [3.05, 3.63) is 74.5 Å². The van der Waals surface area contributed by atoms with Gasteiger partial charge in [-0.3, -0.25) is 9.59 Å². The second kappa shape index (κ2) is 9.10. The van der Waals surface area contributed by atoms with E-state index in [0.29, 0.717) is 50.5 Å². The van der Waals surface area contributed by atoms with Gasteiger partial charge in [0.15, 0.2) is 22.0 Å². The minimum absolute atomic E-state index is 0.133. The fourth-order valence-electron chi connectivity index (χ4n) is 5.70. The van der Waals surface area contributed by atoms with E-state index in [1.54, 1.807) is 24.3 Å². The molecule has 0 radical (unpaired) electrons. The normalized spacial score (nSPS) is 16.9. The maximum Gasteiger partial charge on any atom is 0.196 e. The molecule has 1 aromatic heterocycles. The Morgan fingerprint density at radius 2 is 1.81 bits per heavy atom. The van der Waals surface area contributed by atoms with E-state index in [1.165, 1.54) is 12.8 Å².